The Balaban J connectivity index is 2.29. The number of methoxy groups -OCH3 is 1. The highest BCUT2D eigenvalue weighted by Gasteiger charge is 2.25. The fraction of sp³-hybridized carbons (Fsp3) is 0.250. The molecule has 2 aromatic rings. The van der Waals surface area contributed by atoms with Gasteiger partial charge in [0.15, 0.2) is 0 Å². The third-order valence-corrected chi connectivity index (χ3v) is 3.98. The van der Waals surface area contributed by atoms with Crippen LogP contribution in [0.4, 0.5) is 4.39 Å². The molecule has 0 fully saturated rings. The molecular formula is C16H16BrFO2. The summed E-state index contributed by atoms with van der Waals surface area (Å²) in [7, 11) is 1.59. The minimum absolute atomic E-state index is 0.304. The maximum absolute atomic E-state index is 13.1. The van der Waals surface area contributed by atoms with Crippen molar-refractivity contribution in [2.45, 2.75) is 18.9 Å². The molecule has 0 bridgehead atoms. The molecule has 0 radical (unpaired) electrons. The van der Waals surface area contributed by atoms with E-state index in [2.05, 4.69) is 15.9 Å². The zero-order chi connectivity index (χ0) is 14.8. The average Bonchev–Trinajstić information content (AvgIpc) is 2.42. The molecule has 4 heteroatoms. The molecule has 2 nitrogen and oxygen atoms in total. The second-order valence-electron chi connectivity index (χ2n) is 4.92. The summed E-state index contributed by atoms with van der Waals surface area (Å²) in [5, 5.41) is 10.7. The van der Waals surface area contributed by atoms with Crippen LogP contribution in [-0.4, -0.2) is 12.2 Å². The maximum Gasteiger partial charge on any atom is 0.124 e. The van der Waals surface area contributed by atoms with Crippen LogP contribution in [0.2, 0.25) is 0 Å². The summed E-state index contributed by atoms with van der Waals surface area (Å²) in [5.41, 5.74) is 0.543. The Bertz CT molecular complexity index is 611. The van der Waals surface area contributed by atoms with Crippen molar-refractivity contribution in [3.05, 3.63) is 63.9 Å². The van der Waals surface area contributed by atoms with Gasteiger partial charge in [-0.05, 0) is 42.3 Å². The highest BCUT2D eigenvalue weighted by Crippen LogP contribution is 2.30. The van der Waals surface area contributed by atoms with Gasteiger partial charge < -0.3 is 9.84 Å². The monoisotopic (exact) mass is 338 g/mol. The molecule has 106 valence electrons. The second-order valence-corrected chi connectivity index (χ2v) is 5.77. The molecule has 0 aliphatic heterocycles. The molecule has 1 N–H and O–H groups in total. The molecule has 1 unspecified atom stereocenters. The number of hydrogen-bond acceptors (Lipinski definition) is 2. The smallest absolute Gasteiger partial charge is 0.124 e. The van der Waals surface area contributed by atoms with Gasteiger partial charge in [0, 0.05) is 10.9 Å². The Morgan fingerprint density at radius 2 is 2.00 bits per heavy atom. The average molecular weight is 339 g/mol. The molecule has 0 heterocycles. The van der Waals surface area contributed by atoms with Crippen LogP contribution in [0.5, 0.6) is 5.75 Å². The number of rotatable bonds is 4. The molecular weight excluding hydrogens is 323 g/mol. The lowest BCUT2D eigenvalue weighted by molar-refractivity contribution is 0.0572. The highest BCUT2D eigenvalue weighted by molar-refractivity contribution is 9.10. The van der Waals surface area contributed by atoms with Gasteiger partial charge in [0.2, 0.25) is 0 Å². The Morgan fingerprint density at radius 3 is 2.65 bits per heavy atom. The predicted molar refractivity (Wildman–Crippen MR) is 80.4 cm³/mol. The van der Waals surface area contributed by atoms with E-state index in [0.717, 1.165) is 11.1 Å². The summed E-state index contributed by atoms with van der Waals surface area (Å²) in [4.78, 5) is 0. The Labute approximate surface area is 126 Å². The van der Waals surface area contributed by atoms with Gasteiger partial charge in [-0.3, -0.25) is 0 Å². The maximum atomic E-state index is 13.1. The van der Waals surface area contributed by atoms with Crippen LogP contribution in [0.25, 0.3) is 0 Å². The molecule has 0 aromatic heterocycles. The van der Waals surface area contributed by atoms with Crippen molar-refractivity contribution in [2.75, 3.05) is 7.11 Å². The number of ether oxygens (including phenoxy) is 1. The van der Waals surface area contributed by atoms with Crippen molar-refractivity contribution < 1.29 is 14.2 Å². The van der Waals surface area contributed by atoms with Crippen molar-refractivity contribution in [2.24, 2.45) is 0 Å². The number of aliphatic hydroxyl groups is 1. The van der Waals surface area contributed by atoms with Crippen LogP contribution in [0.3, 0.4) is 0 Å². The third-order valence-electron chi connectivity index (χ3n) is 3.24. The first kappa shape index (κ1) is 15.0. The molecule has 20 heavy (non-hydrogen) atoms. The summed E-state index contributed by atoms with van der Waals surface area (Å²) in [6, 6.07) is 11.8. The Kier molecular flexibility index (Phi) is 4.45. The topological polar surface area (TPSA) is 29.5 Å². The van der Waals surface area contributed by atoms with E-state index in [4.69, 9.17) is 4.74 Å². The fourth-order valence-corrected chi connectivity index (χ4v) is 2.59. The van der Waals surface area contributed by atoms with E-state index in [9.17, 15) is 9.50 Å². The van der Waals surface area contributed by atoms with Gasteiger partial charge in [-0.15, -0.1) is 0 Å². The van der Waals surface area contributed by atoms with Crippen molar-refractivity contribution in [3.63, 3.8) is 0 Å². The molecule has 0 saturated heterocycles. The van der Waals surface area contributed by atoms with E-state index in [1.54, 1.807) is 26.2 Å². The van der Waals surface area contributed by atoms with Crippen LogP contribution < -0.4 is 4.74 Å². The first-order valence-corrected chi connectivity index (χ1v) is 7.02. The van der Waals surface area contributed by atoms with Gasteiger partial charge in [0.05, 0.1) is 12.7 Å². The van der Waals surface area contributed by atoms with E-state index >= 15 is 0 Å². The van der Waals surface area contributed by atoms with E-state index in [0.29, 0.717) is 16.6 Å². The second kappa shape index (κ2) is 5.94. The summed E-state index contributed by atoms with van der Waals surface area (Å²) < 4.78 is 18.9. The minimum atomic E-state index is -1.06. The van der Waals surface area contributed by atoms with Crippen LogP contribution in [0, 0.1) is 5.82 Å². The van der Waals surface area contributed by atoms with E-state index < -0.39 is 5.60 Å². The standard InChI is InChI=1S/C16H16BrFO2/c1-16(19,12-4-3-5-14(8-12)20-2)10-11-6-7-13(18)9-15(11)17/h3-9,19H,10H2,1-2H3. The third kappa shape index (κ3) is 3.38. The lowest BCUT2D eigenvalue weighted by Crippen LogP contribution is -2.24. The van der Waals surface area contributed by atoms with Gasteiger partial charge in [0.1, 0.15) is 11.6 Å². The molecule has 0 amide bonds. The molecule has 1 atom stereocenters. The van der Waals surface area contributed by atoms with Crippen molar-refractivity contribution >= 4 is 15.9 Å². The summed E-state index contributed by atoms with van der Waals surface area (Å²) in [5.74, 6) is 0.391. The first-order chi connectivity index (χ1) is 9.42. The Hall–Kier alpha value is -1.39. The van der Waals surface area contributed by atoms with Crippen molar-refractivity contribution in [1.82, 2.24) is 0 Å². The van der Waals surface area contributed by atoms with Gasteiger partial charge >= 0.3 is 0 Å². The van der Waals surface area contributed by atoms with Gasteiger partial charge in [-0.2, -0.15) is 0 Å². The molecule has 0 aliphatic rings. The molecule has 2 rings (SSSR count). The van der Waals surface area contributed by atoms with Crippen LogP contribution in [0.1, 0.15) is 18.1 Å². The fourth-order valence-electron chi connectivity index (χ4n) is 2.10. The molecule has 0 saturated carbocycles. The minimum Gasteiger partial charge on any atom is -0.497 e. The van der Waals surface area contributed by atoms with Crippen LogP contribution in [0.15, 0.2) is 46.9 Å². The van der Waals surface area contributed by atoms with E-state index in [1.165, 1.54) is 12.1 Å². The summed E-state index contributed by atoms with van der Waals surface area (Å²) >= 11 is 3.32. The predicted octanol–water partition coefficient (Wildman–Crippen LogP) is 4.05. The van der Waals surface area contributed by atoms with Gasteiger partial charge in [-0.1, -0.05) is 34.1 Å². The zero-order valence-electron chi connectivity index (χ0n) is 11.4. The van der Waals surface area contributed by atoms with Crippen LogP contribution >= 0.6 is 15.9 Å². The van der Waals surface area contributed by atoms with Gasteiger partial charge in [-0.25, -0.2) is 4.39 Å². The van der Waals surface area contributed by atoms with E-state index in [-0.39, 0.29) is 5.82 Å². The normalized spacial score (nSPS) is 13.8. The van der Waals surface area contributed by atoms with Crippen LogP contribution in [-0.2, 0) is 12.0 Å². The molecule has 2 aromatic carbocycles. The lowest BCUT2D eigenvalue weighted by Gasteiger charge is -2.25. The SMILES string of the molecule is COc1cccc(C(C)(O)Cc2ccc(F)cc2Br)c1. The highest BCUT2D eigenvalue weighted by atomic mass is 79.9. The number of benzene rings is 2. The summed E-state index contributed by atoms with van der Waals surface area (Å²) in [6.07, 6.45) is 0.376. The zero-order valence-corrected chi connectivity index (χ0v) is 12.9. The quantitative estimate of drug-likeness (QED) is 0.911. The van der Waals surface area contributed by atoms with Crippen molar-refractivity contribution in [1.29, 1.82) is 0 Å². The molecule has 0 aliphatic carbocycles. The first-order valence-electron chi connectivity index (χ1n) is 6.23. The lowest BCUT2D eigenvalue weighted by atomic mass is 9.89. The Morgan fingerprint density at radius 1 is 1.25 bits per heavy atom. The number of halogens is 2. The van der Waals surface area contributed by atoms with Gasteiger partial charge in [0.25, 0.3) is 0 Å². The summed E-state index contributed by atoms with van der Waals surface area (Å²) in [6.45, 7) is 1.73. The van der Waals surface area contributed by atoms with Crippen molar-refractivity contribution in [3.8, 4) is 5.75 Å². The molecule has 0 spiro atoms. The number of hydrogen-bond donors (Lipinski definition) is 1. The van der Waals surface area contributed by atoms with E-state index in [1.807, 2.05) is 18.2 Å². The largest absolute Gasteiger partial charge is 0.497 e.